The van der Waals surface area contributed by atoms with Gasteiger partial charge in [-0.3, -0.25) is 0 Å². The molecule has 0 saturated carbocycles. The topological polar surface area (TPSA) is 51.6 Å². The third-order valence-electron chi connectivity index (χ3n) is 2.58. The fourth-order valence-electron chi connectivity index (χ4n) is 1.53. The molecule has 0 aliphatic carbocycles. The van der Waals surface area contributed by atoms with Gasteiger partial charge in [-0.2, -0.15) is 0 Å². The van der Waals surface area contributed by atoms with E-state index in [0.29, 0.717) is 23.1 Å². The Morgan fingerprint density at radius 1 is 1.21 bits per heavy atom. The number of ether oxygens (including phenoxy) is 2. The summed E-state index contributed by atoms with van der Waals surface area (Å²) >= 11 is 6.00. The van der Waals surface area contributed by atoms with E-state index in [-0.39, 0.29) is 6.61 Å². The second-order valence-electron chi connectivity index (χ2n) is 3.93. The molecule has 100 valence electrons. The van der Waals surface area contributed by atoms with Gasteiger partial charge in [-0.05, 0) is 29.3 Å². The fraction of sp³-hybridized carbons (Fsp3) is 0.214. The van der Waals surface area contributed by atoms with Crippen LogP contribution in [0.3, 0.4) is 0 Å². The minimum Gasteiger partial charge on any atom is -0.497 e. The van der Waals surface area contributed by atoms with Crippen molar-refractivity contribution >= 4 is 11.6 Å². The predicted molar refractivity (Wildman–Crippen MR) is 72.5 cm³/mol. The van der Waals surface area contributed by atoms with E-state index in [2.05, 4.69) is 4.98 Å². The molecular weight excluding hydrogens is 266 g/mol. The average Bonchev–Trinajstić information content (AvgIpc) is 2.46. The van der Waals surface area contributed by atoms with Crippen LogP contribution in [0.15, 0.2) is 36.5 Å². The van der Waals surface area contributed by atoms with Crippen molar-refractivity contribution in [3.63, 3.8) is 0 Å². The maximum atomic E-state index is 8.96. The normalized spacial score (nSPS) is 10.3. The molecule has 0 unspecified atom stereocenters. The van der Waals surface area contributed by atoms with Gasteiger partial charge in [0.25, 0.3) is 0 Å². The molecule has 19 heavy (non-hydrogen) atoms. The number of rotatable bonds is 5. The van der Waals surface area contributed by atoms with E-state index in [9.17, 15) is 0 Å². The maximum Gasteiger partial charge on any atom is 0.232 e. The van der Waals surface area contributed by atoms with E-state index < -0.39 is 0 Å². The van der Waals surface area contributed by atoms with E-state index in [1.54, 1.807) is 13.2 Å². The summed E-state index contributed by atoms with van der Waals surface area (Å²) in [7, 11) is 1.62. The maximum absolute atomic E-state index is 8.96. The quantitative estimate of drug-likeness (QED) is 0.914. The van der Waals surface area contributed by atoms with Crippen LogP contribution in [-0.4, -0.2) is 17.2 Å². The summed E-state index contributed by atoms with van der Waals surface area (Å²) in [6.07, 6.45) is 1.54. The van der Waals surface area contributed by atoms with Crippen LogP contribution in [0.1, 0.15) is 11.1 Å². The van der Waals surface area contributed by atoms with Crippen molar-refractivity contribution in [2.75, 3.05) is 7.11 Å². The molecule has 0 bridgehead atoms. The summed E-state index contributed by atoms with van der Waals surface area (Å²) in [5.74, 6) is 1.15. The highest BCUT2D eigenvalue weighted by atomic mass is 35.5. The van der Waals surface area contributed by atoms with E-state index in [4.69, 9.17) is 26.2 Å². The fourth-order valence-corrected chi connectivity index (χ4v) is 1.77. The number of aliphatic hydroxyl groups is 1. The Kier molecular flexibility index (Phi) is 4.60. The van der Waals surface area contributed by atoms with Gasteiger partial charge in [0.15, 0.2) is 0 Å². The van der Waals surface area contributed by atoms with Crippen molar-refractivity contribution < 1.29 is 14.6 Å². The van der Waals surface area contributed by atoms with E-state index in [1.165, 1.54) is 6.20 Å². The molecule has 0 fully saturated rings. The first-order valence-electron chi connectivity index (χ1n) is 5.74. The van der Waals surface area contributed by atoms with Crippen LogP contribution in [0.5, 0.6) is 11.6 Å². The van der Waals surface area contributed by atoms with Gasteiger partial charge in [0.05, 0.1) is 13.7 Å². The lowest BCUT2D eigenvalue weighted by molar-refractivity contribution is 0.278. The molecule has 0 spiro atoms. The second kappa shape index (κ2) is 6.41. The Morgan fingerprint density at radius 3 is 2.53 bits per heavy atom. The third kappa shape index (κ3) is 3.59. The van der Waals surface area contributed by atoms with Crippen molar-refractivity contribution in [1.29, 1.82) is 0 Å². The zero-order valence-corrected chi connectivity index (χ0v) is 11.2. The Hall–Kier alpha value is -1.78. The second-order valence-corrected chi connectivity index (χ2v) is 4.33. The standard InChI is InChI=1S/C14H14ClNO3/c1-18-12-4-2-10(3-5-12)9-19-14-13(15)6-11(8-17)7-16-14/h2-7,17H,8-9H2,1H3. The number of nitrogens with zero attached hydrogens (tertiary/aromatic N) is 1. The molecule has 0 aliphatic rings. The van der Waals surface area contributed by atoms with Gasteiger partial charge in [-0.1, -0.05) is 23.7 Å². The number of halogens is 1. The van der Waals surface area contributed by atoms with E-state index >= 15 is 0 Å². The summed E-state index contributed by atoms with van der Waals surface area (Å²) in [6.45, 7) is 0.278. The molecule has 0 atom stereocenters. The van der Waals surface area contributed by atoms with Crippen molar-refractivity contribution in [3.05, 3.63) is 52.7 Å². The van der Waals surface area contributed by atoms with Crippen molar-refractivity contribution in [3.8, 4) is 11.6 Å². The summed E-state index contributed by atoms with van der Waals surface area (Å²) in [4.78, 5) is 4.06. The van der Waals surface area contributed by atoms with Gasteiger partial charge in [-0.15, -0.1) is 0 Å². The lowest BCUT2D eigenvalue weighted by Crippen LogP contribution is -1.99. The molecular formula is C14H14ClNO3. The SMILES string of the molecule is COc1ccc(COc2ncc(CO)cc2Cl)cc1. The van der Waals surface area contributed by atoms with Crippen molar-refractivity contribution in [2.24, 2.45) is 0 Å². The van der Waals surface area contributed by atoms with Gasteiger partial charge >= 0.3 is 0 Å². The molecule has 1 aromatic carbocycles. The van der Waals surface area contributed by atoms with Crippen LogP contribution < -0.4 is 9.47 Å². The van der Waals surface area contributed by atoms with Gasteiger partial charge in [0, 0.05) is 6.20 Å². The lowest BCUT2D eigenvalue weighted by atomic mass is 10.2. The molecule has 2 rings (SSSR count). The van der Waals surface area contributed by atoms with Gasteiger partial charge in [0.1, 0.15) is 17.4 Å². The van der Waals surface area contributed by atoms with Crippen LogP contribution in [0.4, 0.5) is 0 Å². The highest BCUT2D eigenvalue weighted by molar-refractivity contribution is 6.31. The van der Waals surface area contributed by atoms with Crippen LogP contribution in [0.25, 0.3) is 0 Å². The molecule has 1 N–H and O–H groups in total. The minimum absolute atomic E-state index is 0.0918. The highest BCUT2D eigenvalue weighted by Crippen LogP contribution is 2.23. The first-order valence-corrected chi connectivity index (χ1v) is 6.11. The first kappa shape index (κ1) is 13.6. The van der Waals surface area contributed by atoms with Gasteiger partial charge < -0.3 is 14.6 Å². The van der Waals surface area contributed by atoms with Crippen LogP contribution >= 0.6 is 11.6 Å². The summed E-state index contributed by atoms with van der Waals surface area (Å²) in [6, 6.07) is 9.19. The number of methoxy groups -OCH3 is 1. The van der Waals surface area contributed by atoms with Crippen LogP contribution in [0.2, 0.25) is 5.02 Å². The molecule has 1 aromatic heterocycles. The molecule has 2 aromatic rings. The number of benzene rings is 1. The van der Waals surface area contributed by atoms with E-state index in [1.807, 2.05) is 24.3 Å². The monoisotopic (exact) mass is 279 g/mol. The summed E-state index contributed by atoms with van der Waals surface area (Å²) in [5.41, 5.74) is 1.65. The number of hydrogen-bond donors (Lipinski definition) is 1. The number of pyridine rings is 1. The molecule has 0 saturated heterocycles. The smallest absolute Gasteiger partial charge is 0.232 e. The molecule has 0 aliphatic heterocycles. The van der Waals surface area contributed by atoms with E-state index in [0.717, 1.165) is 11.3 Å². The first-order chi connectivity index (χ1) is 9.22. The summed E-state index contributed by atoms with van der Waals surface area (Å²) in [5, 5.41) is 9.35. The zero-order valence-electron chi connectivity index (χ0n) is 10.5. The predicted octanol–water partition coefficient (Wildman–Crippen LogP) is 2.81. The summed E-state index contributed by atoms with van der Waals surface area (Å²) < 4.78 is 10.6. The number of aromatic nitrogens is 1. The number of aliphatic hydroxyl groups excluding tert-OH is 1. The Morgan fingerprint density at radius 2 is 1.95 bits per heavy atom. The van der Waals surface area contributed by atoms with Crippen LogP contribution in [-0.2, 0) is 13.2 Å². The number of hydrogen-bond acceptors (Lipinski definition) is 4. The molecule has 4 nitrogen and oxygen atoms in total. The Balaban J connectivity index is 2.01. The largest absolute Gasteiger partial charge is 0.497 e. The lowest BCUT2D eigenvalue weighted by Gasteiger charge is -2.08. The zero-order chi connectivity index (χ0) is 13.7. The average molecular weight is 280 g/mol. The van der Waals surface area contributed by atoms with Crippen molar-refractivity contribution in [1.82, 2.24) is 4.98 Å². The van der Waals surface area contributed by atoms with Gasteiger partial charge in [-0.25, -0.2) is 4.98 Å². The Labute approximate surface area is 116 Å². The molecule has 0 amide bonds. The molecule has 0 radical (unpaired) electrons. The Bertz CT molecular complexity index is 543. The van der Waals surface area contributed by atoms with Crippen molar-refractivity contribution in [2.45, 2.75) is 13.2 Å². The highest BCUT2D eigenvalue weighted by Gasteiger charge is 2.05. The molecule has 5 heteroatoms. The minimum atomic E-state index is -0.0918. The molecule has 1 heterocycles. The van der Waals surface area contributed by atoms with Crippen LogP contribution in [0, 0.1) is 0 Å². The third-order valence-corrected chi connectivity index (χ3v) is 2.85. The van der Waals surface area contributed by atoms with Gasteiger partial charge in [0.2, 0.25) is 5.88 Å².